The molecule has 0 amide bonds. The highest BCUT2D eigenvalue weighted by Gasteiger charge is 2.20. The van der Waals surface area contributed by atoms with Crippen molar-refractivity contribution in [2.45, 2.75) is 6.92 Å². The molecule has 0 fully saturated rings. The van der Waals surface area contributed by atoms with E-state index in [0.717, 1.165) is 10.0 Å². The first-order chi connectivity index (χ1) is 8.45. The van der Waals surface area contributed by atoms with Gasteiger partial charge in [0.2, 0.25) is 5.75 Å². The largest absolute Gasteiger partial charge is 0.504 e. The van der Waals surface area contributed by atoms with Crippen LogP contribution in [0.25, 0.3) is 11.1 Å². The molecule has 5 heteroatoms. The Morgan fingerprint density at radius 1 is 1.00 bits per heavy atom. The van der Waals surface area contributed by atoms with E-state index in [1.165, 1.54) is 0 Å². The zero-order chi connectivity index (χ0) is 13.4. The van der Waals surface area contributed by atoms with Gasteiger partial charge in [-0.25, -0.2) is 0 Å². The first-order valence-electron chi connectivity index (χ1n) is 5.23. The minimum Gasteiger partial charge on any atom is -0.504 e. The fourth-order valence-corrected chi connectivity index (χ4v) is 2.70. The number of hydrogen-bond donors (Lipinski definition) is 3. The molecule has 3 N–H and O–H groups in total. The fraction of sp³-hybridized carbons (Fsp3) is 0.0769. The van der Waals surface area contributed by atoms with Gasteiger partial charge in [-0.05, 0) is 18.3 Å². The van der Waals surface area contributed by atoms with Crippen LogP contribution in [0, 0.1) is 6.92 Å². The molecule has 0 bridgehead atoms. The summed E-state index contributed by atoms with van der Waals surface area (Å²) < 4.78 is 0.800. The van der Waals surface area contributed by atoms with Crippen molar-refractivity contribution in [3.05, 3.63) is 34.3 Å². The van der Waals surface area contributed by atoms with Crippen molar-refractivity contribution < 1.29 is 15.3 Å². The SMILES string of the molecule is Cc1c(O)c(O)c(O)c(-c2ccccc2Br)c1P. The van der Waals surface area contributed by atoms with E-state index in [1.807, 2.05) is 24.3 Å². The van der Waals surface area contributed by atoms with Gasteiger partial charge in [0.25, 0.3) is 0 Å². The number of rotatable bonds is 1. The van der Waals surface area contributed by atoms with Crippen molar-refractivity contribution in [3.8, 4) is 28.4 Å². The molecule has 0 spiro atoms. The van der Waals surface area contributed by atoms with Crippen LogP contribution in [-0.2, 0) is 0 Å². The summed E-state index contributed by atoms with van der Waals surface area (Å²) >= 11 is 3.40. The molecule has 0 saturated heterocycles. The monoisotopic (exact) mass is 326 g/mol. The van der Waals surface area contributed by atoms with Gasteiger partial charge in [0.1, 0.15) is 0 Å². The van der Waals surface area contributed by atoms with E-state index in [2.05, 4.69) is 25.2 Å². The Hall–Kier alpha value is -1.25. The summed E-state index contributed by atoms with van der Waals surface area (Å²) in [6, 6.07) is 7.36. The van der Waals surface area contributed by atoms with Crippen LogP contribution in [0.4, 0.5) is 0 Å². The van der Waals surface area contributed by atoms with Gasteiger partial charge >= 0.3 is 0 Å². The van der Waals surface area contributed by atoms with Crippen molar-refractivity contribution in [2.75, 3.05) is 0 Å². The molecular formula is C13H12BrO3P. The highest BCUT2D eigenvalue weighted by molar-refractivity contribution is 9.10. The quantitative estimate of drug-likeness (QED) is 0.557. The molecule has 0 aliphatic rings. The summed E-state index contributed by atoms with van der Waals surface area (Å²) in [4.78, 5) is 0. The highest BCUT2D eigenvalue weighted by Crippen LogP contribution is 2.45. The Morgan fingerprint density at radius 3 is 2.22 bits per heavy atom. The molecule has 2 rings (SSSR count). The molecule has 0 aromatic heterocycles. The molecule has 0 aliphatic heterocycles. The Balaban J connectivity index is 2.85. The lowest BCUT2D eigenvalue weighted by atomic mass is 10.0. The number of benzene rings is 2. The van der Waals surface area contributed by atoms with Crippen LogP contribution in [0.5, 0.6) is 17.2 Å². The molecule has 0 aliphatic carbocycles. The van der Waals surface area contributed by atoms with Gasteiger partial charge in [-0.3, -0.25) is 0 Å². The predicted molar refractivity (Wildman–Crippen MR) is 78.7 cm³/mol. The Morgan fingerprint density at radius 2 is 1.61 bits per heavy atom. The van der Waals surface area contributed by atoms with E-state index in [0.29, 0.717) is 16.4 Å². The smallest absolute Gasteiger partial charge is 0.201 e. The van der Waals surface area contributed by atoms with Gasteiger partial charge < -0.3 is 15.3 Å². The lowest BCUT2D eigenvalue weighted by molar-refractivity contribution is 0.368. The van der Waals surface area contributed by atoms with Crippen molar-refractivity contribution in [2.24, 2.45) is 0 Å². The Labute approximate surface area is 115 Å². The average Bonchev–Trinajstić information content (AvgIpc) is 2.36. The second-order valence-electron chi connectivity index (χ2n) is 3.94. The number of hydrogen-bond acceptors (Lipinski definition) is 3. The van der Waals surface area contributed by atoms with Crippen LogP contribution in [-0.4, -0.2) is 15.3 Å². The van der Waals surface area contributed by atoms with Gasteiger partial charge in [-0.15, -0.1) is 9.24 Å². The number of aromatic hydroxyl groups is 3. The van der Waals surface area contributed by atoms with E-state index in [-0.39, 0.29) is 11.5 Å². The van der Waals surface area contributed by atoms with Gasteiger partial charge in [0.15, 0.2) is 11.5 Å². The second kappa shape index (κ2) is 4.79. The van der Waals surface area contributed by atoms with Gasteiger partial charge in [-0.2, -0.15) is 0 Å². The van der Waals surface area contributed by atoms with E-state index >= 15 is 0 Å². The average molecular weight is 327 g/mol. The number of phenols is 3. The molecule has 18 heavy (non-hydrogen) atoms. The van der Waals surface area contributed by atoms with Crippen LogP contribution in [0.1, 0.15) is 5.56 Å². The Bertz CT molecular complexity index is 597. The molecule has 94 valence electrons. The third-order valence-corrected chi connectivity index (χ3v) is 4.27. The first-order valence-corrected chi connectivity index (χ1v) is 6.60. The predicted octanol–water partition coefficient (Wildman–Crippen LogP) is 3.04. The summed E-state index contributed by atoms with van der Waals surface area (Å²) in [7, 11) is 2.48. The minimum atomic E-state index is -0.496. The molecule has 2 aromatic rings. The maximum atomic E-state index is 10.0. The van der Waals surface area contributed by atoms with Gasteiger partial charge in [-0.1, -0.05) is 34.1 Å². The van der Waals surface area contributed by atoms with Crippen molar-refractivity contribution in [3.63, 3.8) is 0 Å². The molecular weight excluding hydrogens is 315 g/mol. The normalized spacial score (nSPS) is 10.6. The van der Waals surface area contributed by atoms with E-state index in [4.69, 9.17) is 0 Å². The van der Waals surface area contributed by atoms with Crippen molar-refractivity contribution in [1.82, 2.24) is 0 Å². The summed E-state index contributed by atoms with van der Waals surface area (Å²) in [5.74, 6) is -1.12. The molecule has 1 atom stereocenters. The van der Waals surface area contributed by atoms with Crippen LogP contribution in [0.15, 0.2) is 28.7 Å². The maximum Gasteiger partial charge on any atom is 0.201 e. The zero-order valence-electron chi connectivity index (χ0n) is 9.61. The third kappa shape index (κ3) is 1.96. The lowest BCUT2D eigenvalue weighted by Gasteiger charge is -2.15. The van der Waals surface area contributed by atoms with E-state index in [1.54, 1.807) is 6.92 Å². The highest BCUT2D eigenvalue weighted by atomic mass is 79.9. The zero-order valence-corrected chi connectivity index (χ0v) is 12.3. The lowest BCUT2D eigenvalue weighted by Crippen LogP contribution is -2.03. The van der Waals surface area contributed by atoms with Crippen LogP contribution >= 0.6 is 25.2 Å². The number of halogens is 1. The molecule has 0 heterocycles. The standard InChI is InChI=1S/C13H12BrO3P/c1-6-10(15)12(17)11(16)9(13(6)18)7-4-2-3-5-8(7)14/h2-5,15-17H,18H2,1H3. The van der Waals surface area contributed by atoms with E-state index < -0.39 is 5.75 Å². The summed E-state index contributed by atoms with van der Waals surface area (Å²) in [6.45, 7) is 1.68. The summed E-state index contributed by atoms with van der Waals surface area (Å²) in [5.41, 5.74) is 1.75. The van der Waals surface area contributed by atoms with E-state index in [9.17, 15) is 15.3 Å². The second-order valence-corrected chi connectivity index (χ2v) is 5.37. The van der Waals surface area contributed by atoms with Crippen LogP contribution in [0.3, 0.4) is 0 Å². The molecule has 3 nitrogen and oxygen atoms in total. The third-order valence-electron chi connectivity index (χ3n) is 2.86. The molecule has 1 unspecified atom stereocenters. The molecule has 0 radical (unpaired) electrons. The molecule has 2 aromatic carbocycles. The maximum absolute atomic E-state index is 10.0. The van der Waals surface area contributed by atoms with Gasteiger partial charge in [0.05, 0.1) is 0 Å². The topological polar surface area (TPSA) is 60.7 Å². The van der Waals surface area contributed by atoms with Crippen molar-refractivity contribution in [1.29, 1.82) is 0 Å². The van der Waals surface area contributed by atoms with Crippen LogP contribution in [0.2, 0.25) is 0 Å². The summed E-state index contributed by atoms with van der Waals surface area (Å²) in [5, 5.41) is 30.1. The van der Waals surface area contributed by atoms with Gasteiger partial charge in [0, 0.05) is 21.2 Å². The summed E-state index contributed by atoms with van der Waals surface area (Å²) in [6.07, 6.45) is 0. The first kappa shape index (κ1) is 13.2. The number of phenolic OH excluding ortho intramolecular Hbond substituents is 3. The molecule has 0 saturated carbocycles. The van der Waals surface area contributed by atoms with Crippen LogP contribution < -0.4 is 5.30 Å². The fourth-order valence-electron chi connectivity index (χ4n) is 1.79. The van der Waals surface area contributed by atoms with Crippen molar-refractivity contribution >= 4 is 30.5 Å². The Kier molecular flexibility index (Phi) is 3.51. The minimum absolute atomic E-state index is 0.298.